The molecule has 0 aliphatic carbocycles. The van der Waals surface area contributed by atoms with E-state index in [4.69, 9.17) is 0 Å². The van der Waals surface area contributed by atoms with Crippen molar-refractivity contribution < 1.29 is 4.39 Å². The van der Waals surface area contributed by atoms with Gasteiger partial charge in [-0.3, -0.25) is 4.99 Å². The standard InChI is InChI=1S/C17H22FN3S.HI/c1-13-11-16(18)4-3-15(13)6-9-21-17(19-2)20-8-5-14-7-10-22-12-14;/h3-4,7,10-12H,5-6,8-9H2,1-2H3,(H2,19,20,21);1H. The largest absolute Gasteiger partial charge is 0.356 e. The van der Waals surface area contributed by atoms with E-state index in [1.807, 2.05) is 13.0 Å². The molecule has 23 heavy (non-hydrogen) atoms. The number of hydrogen-bond donors (Lipinski definition) is 2. The average molecular weight is 447 g/mol. The van der Waals surface area contributed by atoms with Crippen molar-refractivity contribution in [2.75, 3.05) is 20.1 Å². The van der Waals surface area contributed by atoms with Crippen LogP contribution in [0.1, 0.15) is 16.7 Å². The molecule has 0 saturated heterocycles. The summed E-state index contributed by atoms with van der Waals surface area (Å²) in [6.45, 7) is 3.56. The van der Waals surface area contributed by atoms with Crippen LogP contribution in [0.25, 0.3) is 0 Å². The van der Waals surface area contributed by atoms with Gasteiger partial charge in [-0.25, -0.2) is 4.39 Å². The minimum Gasteiger partial charge on any atom is -0.356 e. The third-order valence-electron chi connectivity index (χ3n) is 3.50. The van der Waals surface area contributed by atoms with Crippen LogP contribution in [0.5, 0.6) is 0 Å². The van der Waals surface area contributed by atoms with Crippen LogP contribution in [0.15, 0.2) is 40.0 Å². The number of nitrogens with one attached hydrogen (secondary N) is 2. The topological polar surface area (TPSA) is 36.4 Å². The summed E-state index contributed by atoms with van der Waals surface area (Å²) in [4.78, 5) is 4.21. The quantitative estimate of drug-likeness (QED) is 0.402. The first-order chi connectivity index (χ1) is 10.7. The van der Waals surface area contributed by atoms with Gasteiger partial charge in [0.25, 0.3) is 0 Å². The number of aliphatic imine (C=N–C) groups is 1. The molecule has 0 unspecified atom stereocenters. The fourth-order valence-electron chi connectivity index (χ4n) is 2.24. The number of thiophene rings is 1. The number of hydrogen-bond acceptors (Lipinski definition) is 2. The SMILES string of the molecule is CN=C(NCCc1ccsc1)NCCc1ccc(F)cc1C.I. The first-order valence-electron chi connectivity index (χ1n) is 7.39. The number of benzene rings is 1. The van der Waals surface area contributed by atoms with Crippen LogP contribution in [-0.4, -0.2) is 26.1 Å². The van der Waals surface area contributed by atoms with E-state index in [2.05, 4.69) is 32.5 Å². The third kappa shape index (κ3) is 6.87. The molecule has 0 spiro atoms. The lowest BCUT2D eigenvalue weighted by Crippen LogP contribution is -2.39. The highest BCUT2D eigenvalue weighted by Crippen LogP contribution is 2.10. The highest BCUT2D eigenvalue weighted by atomic mass is 127. The lowest BCUT2D eigenvalue weighted by atomic mass is 10.1. The van der Waals surface area contributed by atoms with Crippen molar-refractivity contribution in [1.82, 2.24) is 10.6 Å². The molecular weight excluding hydrogens is 424 g/mol. The molecule has 0 aliphatic rings. The van der Waals surface area contributed by atoms with Crippen LogP contribution in [0.3, 0.4) is 0 Å². The Hall–Kier alpha value is -1.15. The Labute approximate surface area is 158 Å². The maximum atomic E-state index is 13.1. The molecule has 0 saturated carbocycles. The molecule has 2 aromatic rings. The fourth-order valence-corrected chi connectivity index (χ4v) is 2.94. The Morgan fingerprint density at radius 1 is 1.17 bits per heavy atom. The van der Waals surface area contributed by atoms with Crippen molar-refractivity contribution in [3.05, 3.63) is 57.5 Å². The molecule has 0 atom stereocenters. The van der Waals surface area contributed by atoms with Crippen LogP contribution in [0.4, 0.5) is 4.39 Å². The van der Waals surface area contributed by atoms with E-state index in [1.165, 1.54) is 11.6 Å². The summed E-state index contributed by atoms with van der Waals surface area (Å²) in [6, 6.07) is 7.07. The third-order valence-corrected chi connectivity index (χ3v) is 4.23. The number of nitrogens with zero attached hydrogens (tertiary/aromatic N) is 1. The molecular formula is C17H23FIN3S. The van der Waals surface area contributed by atoms with E-state index in [1.54, 1.807) is 24.5 Å². The Morgan fingerprint density at radius 2 is 1.91 bits per heavy atom. The maximum absolute atomic E-state index is 13.1. The van der Waals surface area contributed by atoms with E-state index in [0.717, 1.165) is 43.0 Å². The smallest absolute Gasteiger partial charge is 0.190 e. The Bertz CT molecular complexity index is 614. The highest BCUT2D eigenvalue weighted by molar-refractivity contribution is 14.0. The Morgan fingerprint density at radius 3 is 2.52 bits per heavy atom. The number of aryl methyl sites for hydroxylation is 1. The molecule has 2 rings (SSSR count). The number of guanidine groups is 1. The van der Waals surface area contributed by atoms with Gasteiger partial charge in [-0.05, 0) is 65.4 Å². The van der Waals surface area contributed by atoms with Crippen LogP contribution < -0.4 is 10.6 Å². The summed E-state index contributed by atoms with van der Waals surface area (Å²) in [5, 5.41) is 10.8. The van der Waals surface area contributed by atoms with Gasteiger partial charge in [0, 0.05) is 20.1 Å². The first-order valence-corrected chi connectivity index (χ1v) is 8.34. The van der Waals surface area contributed by atoms with Gasteiger partial charge in [-0.2, -0.15) is 11.3 Å². The summed E-state index contributed by atoms with van der Waals surface area (Å²) in [5.74, 6) is 0.620. The predicted molar refractivity (Wildman–Crippen MR) is 108 cm³/mol. The zero-order valence-corrected chi connectivity index (χ0v) is 16.6. The summed E-state index contributed by atoms with van der Waals surface area (Å²) >= 11 is 1.72. The summed E-state index contributed by atoms with van der Waals surface area (Å²) < 4.78 is 13.1. The van der Waals surface area contributed by atoms with E-state index < -0.39 is 0 Å². The van der Waals surface area contributed by atoms with E-state index in [-0.39, 0.29) is 29.8 Å². The molecule has 0 radical (unpaired) electrons. The van der Waals surface area contributed by atoms with Crippen molar-refractivity contribution in [2.45, 2.75) is 19.8 Å². The molecule has 2 N–H and O–H groups in total. The average Bonchev–Trinajstić information content (AvgIpc) is 3.01. The molecule has 0 bridgehead atoms. The van der Waals surface area contributed by atoms with Gasteiger partial charge >= 0.3 is 0 Å². The lowest BCUT2D eigenvalue weighted by molar-refractivity contribution is 0.625. The molecule has 1 aromatic heterocycles. The minimum absolute atomic E-state index is 0. The zero-order chi connectivity index (χ0) is 15.8. The summed E-state index contributed by atoms with van der Waals surface area (Å²) in [5.41, 5.74) is 3.49. The van der Waals surface area contributed by atoms with Gasteiger partial charge in [-0.15, -0.1) is 24.0 Å². The zero-order valence-electron chi connectivity index (χ0n) is 13.4. The lowest BCUT2D eigenvalue weighted by Gasteiger charge is -2.12. The van der Waals surface area contributed by atoms with Crippen molar-refractivity contribution in [2.24, 2.45) is 4.99 Å². The van der Waals surface area contributed by atoms with Crippen molar-refractivity contribution >= 4 is 41.3 Å². The van der Waals surface area contributed by atoms with Crippen molar-refractivity contribution in [3.63, 3.8) is 0 Å². The monoisotopic (exact) mass is 447 g/mol. The normalized spacial score (nSPS) is 11.0. The number of halogens is 2. The van der Waals surface area contributed by atoms with Gasteiger partial charge in [0.1, 0.15) is 5.82 Å². The van der Waals surface area contributed by atoms with Gasteiger partial charge in [0.2, 0.25) is 0 Å². The van der Waals surface area contributed by atoms with E-state index >= 15 is 0 Å². The predicted octanol–water partition coefficient (Wildman–Crippen LogP) is 3.76. The van der Waals surface area contributed by atoms with Crippen LogP contribution in [-0.2, 0) is 12.8 Å². The molecule has 0 aliphatic heterocycles. The van der Waals surface area contributed by atoms with Crippen LogP contribution >= 0.6 is 35.3 Å². The molecule has 1 aromatic carbocycles. The summed E-state index contributed by atoms with van der Waals surface area (Å²) in [6.07, 6.45) is 1.83. The van der Waals surface area contributed by atoms with Gasteiger partial charge in [-0.1, -0.05) is 6.07 Å². The summed E-state index contributed by atoms with van der Waals surface area (Å²) in [7, 11) is 1.77. The van der Waals surface area contributed by atoms with Gasteiger partial charge in [0.15, 0.2) is 5.96 Å². The second kappa shape index (κ2) is 10.6. The van der Waals surface area contributed by atoms with Crippen molar-refractivity contribution in [1.29, 1.82) is 0 Å². The fraction of sp³-hybridized carbons (Fsp3) is 0.353. The first kappa shape index (κ1) is 19.9. The maximum Gasteiger partial charge on any atom is 0.190 e. The van der Waals surface area contributed by atoms with Crippen molar-refractivity contribution in [3.8, 4) is 0 Å². The minimum atomic E-state index is -0.180. The molecule has 6 heteroatoms. The Kier molecular flexibility index (Phi) is 9.16. The second-order valence-electron chi connectivity index (χ2n) is 5.13. The molecule has 1 heterocycles. The Balaban J connectivity index is 0.00000264. The number of rotatable bonds is 6. The molecule has 0 amide bonds. The van der Waals surface area contributed by atoms with Gasteiger partial charge < -0.3 is 10.6 Å². The van der Waals surface area contributed by atoms with E-state index in [9.17, 15) is 4.39 Å². The highest BCUT2D eigenvalue weighted by Gasteiger charge is 2.02. The molecule has 0 fully saturated rings. The van der Waals surface area contributed by atoms with Crippen LogP contribution in [0, 0.1) is 12.7 Å². The van der Waals surface area contributed by atoms with E-state index in [0.29, 0.717) is 0 Å². The van der Waals surface area contributed by atoms with Gasteiger partial charge in [0.05, 0.1) is 0 Å². The molecule has 126 valence electrons. The van der Waals surface area contributed by atoms with Crippen LogP contribution in [0.2, 0.25) is 0 Å². The second-order valence-corrected chi connectivity index (χ2v) is 5.91. The molecule has 3 nitrogen and oxygen atoms in total.